The van der Waals surface area contributed by atoms with E-state index < -0.39 is 35.2 Å². The third-order valence-electron chi connectivity index (χ3n) is 5.24. The van der Waals surface area contributed by atoms with Crippen molar-refractivity contribution in [2.45, 2.75) is 13.5 Å². The number of nitrogens with zero attached hydrogens (tertiary/aromatic N) is 1. The Kier molecular flexibility index (Phi) is 8.80. The first-order valence-electron chi connectivity index (χ1n) is 11.4. The van der Waals surface area contributed by atoms with Crippen molar-refractivity contribution in [2.75, 3.05) is 18.5 Å². The first-order valence-corrected chi connectivity index (χ1v) is 13.0. The fraction of sp³-hybridized carbons (Fsp3) is 0.148. The van der Waals surface area contributed by atoms with Crippen LogP contribution in [0.15, 0.2) is 70.0 Å². The highest BCUT2D eigenvalue weighted by atomic mass is 79.9. The monoisotopic (exact) mass is 602 g/mol. The maximum absolute atomic E-state index is 13.8. The van der Waals surface area contributed by atoms with Crippen molar-refractivity contribution >= 4 is 56.5 Å². The minimum atomic E-state index is -0.973. The van der Waals surface area contributed by atoms with Crippen LogP contribution in [-0.4, -0.2) is 35.1 Å². The molecule has 0 aliphatic carbocycles. The Hall–Kier alpha value is -3.70. The molecule has 3 aromatic rings. The van der Waals surface area contributed by atoms with Crippen molar-refractivity contribution in [1.82, 2.24) is 4.90 Å². The fourth-order valence-electron chi connectivity index (χ4n) is 3.52. The lowest BCUT2D eigenvalue weighted by Gasteiger charge is -2.15. The van der Waals surface area contributed by atoms with Crippen LogP contribution in [0.2, 0.25) is 0 Å². The number of benzene rings is 3. The van der Waals surface area contributed by atoms with Crippen LogP contribution in [0.4, 0.5) is 19.3 Å². The second-order valence-corrected chi connectivity index (χ2v) is 9.83. The molecule has 3 aromatic carbocycles. The predicted molar refractivity (Wildman–Crippen MR) is 144 cm³/mol. The minimum Gasteiger partial charge on any atom is -0.490 e. The summed E-state index contributed by atoms with van der Waals surface area (Å²) in [6, 6.07) is 15.7. The number of carbonyl (C=O) groups is 3. The lowest BCUT2D eigenvalue weighted by molar-refractivity contribution is -0.127. The normalized spacial score (nSPS) is 14.2. The summed E-state index contributed by atoms with van der Waals surface area (Å²) < 4.78 is 39.2. The number of hydrogen-bond acceptors (Lipinski definition) is 6. The van der Waals surface area contributed by atoms with E-state index in [4.69, 9.17) is 9.47 Å². The number of imide groups is 1. The van der Waals surface area contributed by atoms with E-state index >= 15 is 0 Å². The van der Waals surface area contributed by atoms with E-state index in [1.54, 1.807) is 12.1 Å². The summed E-state index contributed by atoms with van der Waals surface area (Å²) in [5.41, 5.74) is 1.28. The van der Waals surface area contributed by atoms with Gasteiger partial charge in [0.2, 0.25) is 5.91 Å². The van der Waals surface area contributed by atoms with Crippen LogP contribution in [0.3, 0.4) is 0 Å². The van der Waals surface area contributed by atoms with Crippen molar-refractivity contribution in [1.29, 1.82) is 0 Å². The molecule has 1 N–H and O–H groups in total. The summed E-state index contributed by atoms with van der Waals surface area (Å²) in [7, 11) is 0. The van der Waals surface area contributed by atoms with Gasteiger partial charge in [-0.1, -0.05) is 30.3 Å². The van der Waals surface area contributed by atoms with Crippen LogP contribution < -0.4 is 14.8 Å². The third kappa shape index (κ3) is 6.59. The molecule has 0 spiro atoms. The Morgan fingerprint density at radius 1 is 1.08 bits per heavy atom. The Morgan fingerprint density at radius 2 is 1.84 bits per heavy atom. The smallest absolute Gasteiger partial charge is 0.294 e. The molecule has 1 fully saturated rings. The maximum Gasteiger partial charge on any atom is 0.294 e. The lowest BCUT2D eigenvalue weighted by atomic mass is 10.1. The summed E-state index contributed by atoms with van der Waals surface area (Å²) in [6.07, 6.45) is 1.51. The zero-order chi connectivity index (χ0) is 27.2. The average Bonchev–Trinajstić information content (AvgIpc) is 3.13. The highest BCUT2D eigenvalue weighted by Gasteiger charge is 2.36. The van der Waals surface area contributed by atoms with Crippen LogP contribution in [0, 0.1) is 11.6 Å². The molecule has 4 rings (SSSR count). The quantitative estimate of drug-likeness (QED) is 0.286. The third-order valence-corrected chi connectivity index (χ3v) is 6.73. The van der Waals surface area contributed by atoms with Crippen molar-refractivity contribution in [3.05, 3.63) is 92.8 Å². The Balaban J connectivity index is 1.49. The largest absolute Gasteiger partial charge is 0.490 e. The van der Waals surface area contributed by atoms with Gasteiger partial charge in [0.05, 0.1) is 21.7 Å². The van der Waals surface area contributed by atoms with Gasteiger partial charge in [-0.15, -0.1) is 0 Å². The molecule has 1 aliphatic rings. The van der Waals surface area contributed by atoms with E-state index in [0.717, 1.165) is 22.6 Å². The standard InChI is InChI=1S/C27H21BrF2N2O5S/c1-2-36-22-11-17(10-19(28)25(22)37-15-16-6-4-3-5-7-16)12-23-26(34)32(27(35)38-23)14-24(33)31-21-9-8-18(29)13-20(21)30/h3-13H,2,14-15H2,1H3,(H,31,33)/b23-12+. The van der Waals surface area contributed by atoms with Crippen LogP contribution in [0.1, 0.15) is 18.1 Å². The fourth-order valence-corrected chi connectivity index (χ4v) is 4.93. The first kappa shape index (κ1) is 27.3. The molecule has 0 unspecified atom stereocenters. The van der Waals surface area contributed by atoms with Gasteiger partial charge in [0.1, 0.15) is 24.8 Å². The number of halogens is 3. The molecule has 0 saturated carbocycles. The van der Waals surface area contributed by atoms with Gasteiger partial charge in [-0.05, 0) is 76.1 Å². The van der Waals surface area contributed by atoms with E-state index in [0.29, 0.717) is 52.6 Å². The molecular weight excluding hydrogens is 582 g/mol. The van der Waals surface area contributed by atoms with Gasteiger partial charge >= 0.3 is 0 Å². The number of thioether (sulfide) groups is 1. The van der Waals surface area contributed by atoms with E-state index in [1.165, 1.54) is 6.08 Å². The topological polar surface area (TPSA) is 84.9 Å². The van der Waals surface area contributed by atoms with Gasteiger partial charge in [-0.25, -0.2) is 8.78 Å². The average molecular weight is 603 g/mol. The number of ether oxygens (including phenoxy) is 2. The van der Waals surface area contributed by atoms with Crippen LogP contribution in [0.5, 0.6) is 11.5 Å². The zero-order valence-electron chi connectivity index (χ0n) is 20.0. The summed E-state index contributed by atoms with van der Waals surface area (Å²) >= 11 is 4.17. The van der Waals surface area contributed by atoms with Crippen molar-refractivity contribution in [3.63, 3.8) is 0 Å². The number of carbonyl (C=O) groups excluding carboxylic acids is 3. The van der Waals surface area contributed by atoms with E-state index in [1.807, 2.05) is 37.3 Å². The first-order chi connectivity index (χ1) is 18.2. The Labute approximate surface area is 229 Å². The maximum atomic E-state index is 13.8. The lowest BCUT2D eigenvalue weighted by Crippen LogP contribution is -2.36. The van der Waals surface area contributed by atoms with Crippen molar-refractivity contribution in [2.24, 2.45) is 0 Å². The summed E-state index contributed by atoms with van der Waals surface area (Å²) in [4.78, 5) is 38.5. The van der Waals surface area contributed by atoms with Crippen LogP contribution in [0.25, 0.3) is 6.08 Å². The van der Waals surface area contributed by atoms with Gasteiger partial charge < -0.3 is 14.8 Å². The molecule has 0 bridgehead atoms. The van der Waals surface area contributed by atoms with Crippen LogP contribution >= 0.6 is 27.7 Å². The summed E-state index contributed by atoms with van der Waals surface area (Å²) in [5.74, 6) is -2.31. The molecule has 11 heteroatoms. The molecular formula is C27H21BrF2N2O5S. The summed E-state index contributed by atoms with van der Waals surface area (Å²) in [5, 5.41) is 1.59. The van der Waals surface area contributed by atoms with Crippen LogP contribution in [-0.2, 0) is 16.2 Å². The van der Waals surface area contributed by atoms with E-state index in [9.17, 15) is 23.2 Å². The molecule has 196 valence electrons. The second-order valence-electron chi connectivity index (χ2n) is 7.98. The number of rotatable bonds is 9. The molecule has 0 radical (unpaired) electrons. The molecule has 3 amide bonds. The highest BCUT2D eigenvalue weighted by molar-refractivity contribution is 9.10. The predicted octanol–water partition coefficient (Wildman–Crippen LogP) is 6.38. The molecule has 0 atom stereocenters. The Bertz CT molecular complexity index is 1420. The van der Waals surface area contributed by atoms with E-state index in [-0.39, 0.29) is 10.6 Å². The highest BCUT2D eigenvalue weighted by Crippen LogP contribution is 2.39. The minimum absolute atomic E-state index is 0.100. The Morgan fingerprint density at radius 3 is 2.55 bits per heavy atom. The second kappa shape index (κ2) is 12.2. The number of nitrogens with one attached hydrogen (secondary N) is 1. The van der Waals surface area contributed by atoms with Gasteiger partial charge in [0, 0.05) is 6.07 Å². The SMILES string of the molecule is CCOc1cc(/C=C2/SC(=O)N(CC(=O)Nc3ccc(F)cc3F)C2=O)cc(Br)c1OCc1ccccc1. The van der Waals surface area contributed by atoms with E-state index in [2.05, 4.69) is 21.2 Å². The molecule has 0 aromatic heterocycles. The molecule has 1 aliphatic heterocycles. The molecule has 7 nitrogen and oxygen atoms in total. The van der Waals surface area contributed by atoms with Gasteiger partial charge in [0.25, 0.3) is 11.1 Å². The van der Waals surface area contributed by atoms with Gasteiger partial charge in [-0.3, -0.25) is 19.3 Å². The number of anilines is 1. The van der Waals surface area contributed by atoms with Crippen molar-refractivity contribution in [3.8, 4) is 11.5 Å². The number of hydrogen-bond donors (Lipinski definition) is 1. The molecule has 1 heterocycles. The van der Waals surface area contributed by atoms with Crippen molar-refractivity contribution < 1.29 is 32.6 Å². The summed E-state index contributed by atoms with van der Waals surface area (Å²) in [6.45, 7) is 1.90. The molecule has 38 heavy (non-hydrogen) atoms. The van der Waals surface area contributed by atoms with Gasteiger partial charge in [0.15, 0.2) is 11.5 Å². The van der Waals surface area contributed by atoms with Gasteiger partial charge in [-0.2, -0.15) is 0 Å². The molecule has 1 saturated heterocycles. The number of amides is 3. The zero-order valence-corrected chi connectivity index (χ0v) is 22.4.